The van der Waals surface area contributed by atoms with E-state index in [1.165, 1.54) is 5.56 Å². The Labute approximate surface area is 151 Å². The first-order chi connectivity index (χ1) is 12.5. The molecule has 2 aromatic rings. The molecule has 1 N–H and O–H groups in total. The van der Waals surface area contributed by atoms with Gasteiger partial charge in [-0.1, -0.05) is 30.3 Å². The van der Waals surface area contributed by atoms with Gasteiger partial charge in [-0.25, -0.2) is 13.2 Å². The predicted octanol–water partition coefficient (Wildman–Crippen LogP) is 4.20. The maximum Gasteiger partial charge on any atom is 0.165 e. The van der Waals surface area contributed by atoms with Crippen molar-refractivity contribution in [2.75, 3.05) is 0 Å². The second-order valence-electron chi connectivity index (χ2n) is 7.67. The Morgan fingerprint density at radius 1 is 0.923 bits per heavy atom. The van der Waals surface area contributed by atoms with Gasteiger partial charge >= 0.3 is 0 Å². The monoisotopic (exact) mass is 361 g/mol. The molecule has 2 unspecified atom stereocenters. The molecule has 2 bridgehead atoms. The zero-order valence-electron chi connectivity index (χ0n) is 14.5. The minimum atomic E-state index is -1.20. The molecule has 2 saturated heterocycles. The van der Waals surface area contributed by atoms with E-state index >= 15 is 0 Å². The smallest absolute Gasteiger partial charge is 0.165 e. The van der Waals surface area contributed by atoms with Gasteiger partial charge in [0.05, 0.1) is 5.60 Å². The summed E-state index contributed by atoms with van der Waals surface area (Å²) in [4.78, 5) is 2.39. The zero-order valence-corrected chi connectivity index (χ0v) is 14.5. The first kappa shape index (κ1) is 17.6. The fourth-order valence-electron chi connectivity index (χ4n) is 4.67. The van der Waals surface area contributed by atoms with Gasteiger partial charge in [0.15, 0.2) is 11.6 Å². The first-order valence-electron chi connectivity index (χ1n) is 9.10. The third kappa shape index (κ3) is 3.26. The molecule has 2 fully saturated rings. The van der Waals surface area contributed by atoms with Gasteiger partial charge in [-0.3, -0.25) is 4.90 Å². The third-order valence-electron chi connectivity index (χ3n) is 5.86. The van der Waals surface area contributed by atoms with Crippen LogP contribution in [0.2, 0.25) is 0 Å². The summed E-state index contributed by atoms with van der Waals surface area (Å²) in [6, 6.07) is 12.2. The summed E-state index contributed by atoms with van der Waals surface area (Å²) >= 11 is 0. The van der Waals surface area contributed by atoms with Gasteiger partial charge in [-0.15, -0.1) is 0 Å². The highest BCUT2D eigenvalue weighted by Gasteiger charge is 2.47. The van der Waals surface area contributed by atoms with Gasteiger partial charge in [0.25, 0.3) is 0 Å². The molecule has 0 aromatic heterocycles. The lowest BCUT2D eigenvalue weighted by atomic mass is 9.81. The highest BCUT2D eigenvalue weighted by molar-refractivity contribution is 5.24. The van der Waals surface area contributed by atoms with Gasteiger partial charge in [-0.05, 0) is 43.4 Å². The normalized spacial score (nSPS) is 28.5. The zero-order chi connectivity index (χ0) is 18.3. The van der Waals surface area contributed by atoms with E-state index in [1.54, 1.807) is 0 Å². The average Bonchev–Trinajstić information content (AvgIpc) is 2.87. The van der Waals surface area contributed by atoms with E-state index < -0.39 is 23.1 Å². The number of benzene rings is 2. The minimum Gasteiger partial charge on any atom is -0.389 e. The fourth-order valence-corrected chi connectivity index (χ4v) is 4.67. The Morgan fingerprint density at radius 3 is 2.19 bits per heavy atom. The molecule has 5 heteroatoms. The number of hydrogen-bond donors (Lipinski definition) is 1. The topological polar surface area (TPSA) is 23.5 Å². The summed E-state index contributed by atoms with van der Waals surface area (Å²) in [6.45, 7) is 0.814. The van der Waals surface area contributed by atoms with Crippen LogP contribution in [0.1, 0.15) is 36.8 Å². The van der Waals surface area contributed by atoms with Crippen LogP contribution in [0, 0.1) is 17.5 Å². The van der Waals surface area contributed by atoms with Crippen LogP contribution in [0.15, 0.2) is 42.5 Å². The van der Waals surface area contributed by atoms with E-state index in [1.807, 2.05) is 18.2 Å². The van der Waals surface area contributed by atoms with E-state index in [-0.39, 0.29) is 24.1 Å². The molecule has 0 spiro atoms. The maximum absolute atomic E-state index is 14.0. The lowest BCUT2D eigenvalue weighted by Gasteiger charge is -2.44. The summed E-state index contributed by atoms with van der Waals surface area (Å²) in [5.74, 6) is -3.05. The van der Waals surface area contributed by atoms with Crippen LogP contribution in [-0.4, -0.2) is 27.7 Å². The van der Waals surface area contributed by atoms with Crippen LogP contribution in [0.5, 0.6) is 0 Å². The summed E-state index contributed by atoms with van der Waals surface area (Å²) in [5, 5.41) is 11.0. The van der Waals surface area contributed by atoms with E-state index in [4.69, 9.17) is 0 Å². The molecule has 0 aliphatic carbocycles. The van der Waals surface area contributed by atoms with Gasteiger partial charge in [0.2, 0.25) is 0 Å². The predicted molar refractivity (Wildman–Crippen MR) is 93.0 cm³/mol. The lowest BCUT2D eigenvalue weighted by molar-refractivity contribution is -0.0549. The number of halogens is 3. The molecule has 2 aromatic carbocycles. The Kier molecular flexibility index (Phi) is 4.53. The van der Waals surface area contributed by atoms with Crippen molar-refractivity contribution in [1.29, 1.82) is 0 Å². The highest BCUT2D eigenvalue weighted by atomic mass is 19.2. The number of fused-ring (bicyclic) bond motifs is 2. The van der Waals surface area contributed by atoms with Crippen molar-refractivity contribution < 1.29 is 18.3 Å². The van der Waals surface area contributed by atoms with Crippen molar-refractivity contribution in [2.45, 2.75) is 56.3 Å². The molecular formula is C21H22F3NO. The number of hydrogen-bond acceptors (Lipinski definition) is 2. The van der Waals surface area contributed by atoms with Crippen LogP contribution in [-0.2, 0) is 13.0 Å². The van der Waals surface area contributed by atoms with Crippen molar-refractivity contribution in [2.24, 2.45) is 0 Å². The van der Waals surface area contributed by atoms with Gasteiger partial charge in [0.1, 0.15) is 5.82 Å². The van der Waals surface area contributed by atoms with Gasteiger partial charge < -0.3 is 5.11 Å². The molecule has 2 aliphatic heterocycles. The molecule has 0 amide bonds. The van der Waals surface area contributed by atoms with Crippen LogP contribution >= 0.6 is 0 Å². The largest absolute Gasteiger partial charge is 0.389 e. The van der Waals surface area contributed by atoms with Gasteiger partial charge in [-0.2, -0.15) is 0 Å². The number of rotatable bonds is 4. The quantitative estimate of drug-likeness (QED) is 0.825. The number of aliphatic hydroxyl groups is 1. The molecule has 2 atom stereocenters. The first-order valence-corrected chi connectivity index (χ1v) is 9.10. The van der Waals surface area contributed by atoms with Crippen molar-refractivity contribution >= 4 is 0 Å². The Balaban J connectivity index is 1.52. The van der Waals surface area contributed by atoms with E-state index in [0.29, 0.717) is 12.8 Å². The second-order valence-corrected chi connectivity index (χ2v) is 7.67. The molecule has 138 valence electrons. The Morgan fingerprint density at radius 2 is 1.54 bits per heavy atom. The minimum absolute atomic E-state index is 0.179. The highest BCUT2D eigenvalue weighted by Crippen LogP contribution is 2.43. The van der Waals surface area contributed by atoms with Crippen LogP contribution in [0.25, 0.3) is 0 Å². The van der Waals surface area contributed by atoms with Crippen LogP contribution in [0.3, 0.4) is 0 Å². The van der Waals surface area contributed by atoms with Gasteiger partial charge in [0, 0.05) is 30.6 Å². The molecule has 0 saturated carbocycles. The standard InChI is InChI=1S/C21H22F3NO/c22-18-8-9-19(23)20(24)17(18)12-21(26)10-15-6-7-16(11-21)25(15)13-14-4-2-1-3-5-14/h1-5,8-9,15-16,26H,6-7,10-13H2. The van der Waals surface area contributed by atoms with Crippen molar-refractivity contribution in [3.05, 3.63) is 71.0 Å². The summed E-state index contributed by atoms with van der Waals surface area (Å²) in [7, 11) is 0. The van der Waals surface area contributed by atoms with E-state index in [9.17, 15) is 18.3 Å². The van der Waals surface area contributed by atoms with Crippen LogP contribution in [0.4, 0.5) is 13.2 Å². The molecule has 2 heterocycles. The second kappa shape index (κ2) is 6.71. The SMILES string of the molecule is OC1(Cc2c(F)ccc(F)c2F)CC2CCC(C1)N2Cc1ccccc1. The summed E-state index contributed by atoms with van der Waals surface area (Å²) < 4.78 is 41.5. The van der Waals surface area contributed by atoms with Crippen molar-refractivity contribution in [3.8, 4) is 0 Å². The Hall–Kier alpha value is -1.85. The van der Waals surface area contributed by atoms with Crippen LogP contribution < -0.4 is 0 Å². The lowest BCUT2D eigenvalue weighted by Crippen LogP contribution is -2.51. The molecule has 0 radical (unpaired) electrons. The summed E-state index contributed by atoms with van der Waals surface area (Å²) in [6.07, 6.45) is 2.65. The van der Waals surface area contributed by atoms with E-state index in [0.717, 1.165) is 31.5 Å². The maximum atomic E-state index is 14.0. The third-order valence-corrected chi connectivity index (χ3v) is 5.86. The molecule has 2 aliphatic rings. The molecule has 2 nitrogen and oxygen atoms in total. The van der Waals surface area contributed by atoms with Crippen molar-refractivity contribution in [1.82, 2.24) is 4.90 Å². The van der Waals surface area contributed by atoms with Crippen molar-refractivity contribution in [3.63, 3.8) is 0 Å². The summed E-state index contributed by atoms with van der Waals surface area (Å²) in [5.41, 5.74) is -0.324. The average molecular weight is 361 g/mol. The number of piperidine rings is 1. The van der Waals surface area contributed by atoms with E-state index in [2.05, 4.69) is 17.0 Å². The Bertz CT molecular complexity index is 781. The molecule has 26 heavy (non-hydrogen) atoms. The molecule has 4 rings (SSSR count). The fraction of sp³-hybridized carbons (Fsp3) is 0.429. The molecular weight excluding hydrogens is 339 g/mol. The number of nitrogens with zero attached hydrogens (tertiary/aromatic N) is 1.